The lowest BCUT2D eigenvalue weighted by molar-refractivity contribution is 0.251. The first kappa shape index (κ1) is 13.2. The van der Waals surface area contributed by atoms with Gasteiger partial charge in [-0.1, -0.05) is 13.0 Å². The zero-order valence-electron chi connectivity index (χ0n) is 10.9. The fraction of sp³-hybridized carbons (Fsp3) is 0.385. The molecule has 0 spiro atoms. The van der Waals surface area contributed by atoms with Crippen LogP contribution in [0.5, 0.6) is 0 Å². The molecule has 0 atom stereocenters. The smallest absolute Gasteiger partial charge is 0.321 e. The van der Waals surface area contributed by atoms with Crippen molar-refractivity contribution >= 4 is 23.4 Å². The van der Waals surface area contributed by atoms with Crippen molar-refractivity contribution in [3.8, 4) is 0 Å². The van der Waals surface area contributed by atoms with Gasteiger partial charge >= 0.3 is 12.1 Å². The molecular weight excluding hydrogens is 244 g/mol. The van der Waals surface area contributed by atoms with Crippen LogP contribution in [0.4, 0.5) is 21.0 Å². The molecule has 0 aromatic heterocycles. The van der Waals surface area contributed by atoms with Crippen LogP contribution < -0.4 is 20.9 Å². The summed E-state index contributed by atoms with van der Waals surface area (Å²) in [6.45, 7) is 3.92. The van der Waals surface area contributed by atoms with E-state index >= 15 is 0 Å². The van der Waals surface area contributed by atoms with Crippen molar-refractivity contribution in [1.82, 2.24) is 10.6 Å². The lowest BCUT2D eigenvalue weighted by atomic mass is 10.2. The summed E-state index contributed by atoms with van der Waals surface area (Å²) in [6, 6.07) is 6.91. The highest BCUT2D eigenvalue weighted by molar-refractivity contribution is 5.95. The molecule has 0 saturated carbocycles. The fourth-order valence-corrected chi connectivity index (χ4v) is 1.88. The molecule has 6 nitrogen and oxygen atoms in total. The van der Waals surface area contributed by atoms with Gasteiger partial charge in [0, 0.05) is 31.0 Å². The molecule has 3 N–H and O–H groups in total. The maximum Gasteiger partial charge on any atom is 0.321 e. The fourth-order valence-electron chi connectivity index (χ4n) is 1.88. The normalized spacial score (nSPS) is 14.2. The predicted molar refractivity (Wildman–Crippen MR) is 74.5 cm³/mol. The van der Waals surface area contributed by atoms with Crippen LogP contribution in [0.2, 0.25) is 0 Å². The van der Waals surface area contributed by atoms with Crippen LogP contribution in [0.1, 0.15) is 13.3 Å². The Labute approximate surface area is 112 Å². The van der Waals surface area contributed by atoms with E-state index in [-0.39, 0.29) is 12.1 Å². The summed E-state index contributed by atoms with van der Waals surface area (Å²) in [6.07, 6.45) is 0.890. The van der Waals surface area contributed by atoms with E-state index in [2.05, 4.69) is 16.0 Å². The van der Waals surface area contributed by atoms with E-state index in [1.54, 1.807) is 17.0 Å². The summed E-state index contributed by atoms with van der Waals surface area (Å²) in [5, 5.41) is 8.23. The number of anilines is 2. The van der Waals surface area contributed by atoms with E-state index in [0.717, 1.165) is 12.1 Å². The maximum absolute atomic E-state index is 11.6. The maximum atomic E-state index is 11.6. The molecule has 0 bridgehead atoms. The third kappa shape index (κ3) is 3.37. The van der Waals surface area contributed by atoms with Gasteiger partial charge in [0.1, 0.15) is 0 Å². The lowest BCUT2D eigenvalue weighted by Gasteiger charge is -2.15. The Morgan fingerprint density at radius 3 is 3.00 bits per heavy atom. The Morgan fingerprint density at radius 1 is 1.47 bits per heavy atom. The van der Waals surface area contributed by atoms with Crippen molar-refractivity contribution in [3.63, 3.8) is 0 Å². The van der Waals surface area contributed by atoms with Gasteiger partial charge in [-0.15, -0.1) is 0 Å². The van der Waals surface area contributed by atoms with E-state index in [9.17, 15) is 9.59 Å². The lowest BCUT2D eigenvalue weighted by Crippen LogP contribution is -2.30. The van der Waals surface area contributed by atoms with Crippen molar-refractivity contribution in [1.29, 1.82) is 0 Å². The molecule has 1 aliphatic rings. The molecule has 19 heavy (non-hydrogen) atoms. The standard InChI is InChI=1S/C13H18N4O2/c1-2-6-14-12(18)16-10-4-3-5-11(9-10)17-8-7-15-13(17)19/h3-5,9H,2,6-8H2,1H3,(H,15,19)(H2,14,16,18). The Kier molecular flexibility index (Phi) is 4.22. The van der Waals surface area contributed by atoms with E-state index < -0.39 is 0 Å². The van der Waals surface area contributed by atoms with Crippen LogP contribution in [0.3, 0.4) is 0 Å². The van der Waals surface area contributed by atoms with Crippen LogP contribution in [0.25, 0.3) is 0 Å². The molecule has 6 heteroatoms. The molecule has 1 aromatic carbocycles. The molecule has 102 valence electrons. The van der Waals surface area contributed by atoms with Gasteiger partial charge in [-0.2, -0.15) is 0 Å². The molecule has 2 rings (SSSR count). The molecule has 1 saturated heterocycles. The molecule has 4 amide bonds. The van der Waals surface area contributed by atoms with Gasteiger partial charge in [0.15, 0.2) is 0 Å². The number of rotatable bonds is 4. The van der Waals surface area contributed by atoms with Crippen molar-refractivity contribution in [3.05, 3.63) is 24.3 Å². The van der Waals surface area contributed by atoms with Crippen molar-refractivity contribution in [2.45, 2.75) is 13.3 Å². The topological polar surface area (TPSA) is 73.5 Å². The minimum absolute atomic E-state index is 0.104. The zero-order chi connectivity index (χ0) is 13.7. The van der Waals surface area contributed by atoms with Crippen LogP contribution in [0.15, 0.2) is 24.3 Å². The second-order valence-corrected chi connectivity index (χ2v) is 4.31. The monoisotopic (exact) mass is 262 g/mol. The zero-order valence-corrected chi connectivity index (χ0v) is 10.9. The summed E-state index contributed by atoms with van der Waals surface area (Å²) in [5.74, 6) is 0. The highest BCUT2D eigenvalue weighted by atomic mass is 16.2. The first-order valence-corrected chi connectivity index (χ1v) is 6.41. The number of nitrogens with zero attached hydrogens (tertiary/aromatic N) is 1. The molecular formula is C13H18N4O2. The molecule has 0 radical (unpaired) electrons. The molecule has 1 aromatic rings. The molecule has 0 unspecified atom stereocenters. The number of carbonyl (C=O) groups excluding carboxylic acids is 2. The summed E-state index contributed by atoms with van der Waals surface area (Å²) in [7, 11) is 0. The summed E-state index contributed by atoms with van der Waals surface area (Å²) in [4.78, 5) is 24.8. The molecule has 1 aliphatic heterocycles. The summed E-state index contributed by atoms with van der Waals surface area (Å²) < 4.78 is 0. The first-order chi connectivity index (χ1) is 9.20. The van der Waals surface area contributed by atoms with Gasteiger partial charge in [0.05, 0.1) is 0 Å². The van der Waals surface area contributed by atoms with E-state index in [0.29, 0.717) is 25.3 Å². The van der Waals surface area contributed by atoms with Crippen LogP contribution in [-0.4, -0.2) is 31.7 Å². The number of hydrogen-bond donors (Lipinski definition) is 3. The van der Waals surface area contributed by atoms with Crippen molar-refractivity contribution in [2.75, 3.05) is 29.9 Å². The van der Waals surface area contributed by atoms with E-state index in [1.807, 2.05) is 19.1 Å². The van der Waals surface area contributed by atoms with Gasteiger partial charge in [-0.05, 0) is 24.6 Å². The number of carbonyl (C=O) groups is 2. The minimum Gasteiger partial charge on any atom is -0.338 e. The number of amides is 4. The Morgan fingerprint density at radius 2 is 2.32 bits per heavy atom. The Bertz CT molecular complexity index is 475. The Hall–Kier alpha value is -2.24. The van der Waals surface area contributed by atoms with Crippen LogP contribution >= 0.6 is 0 Å². The van der Waals surface area contributed by atoms with Gasteiger partial charge in [-0.25, -0.2) is 9.59 Å². The van der Waals surface area contributed by atoms with Gasteiger partial charge < -0.3 is 16.0 Å². The van der Waals surface area contributed by atoms with Gasteiger partial charge in [-0.3, -0.25) is 4.90 Å². The number of benzene rings is 1. The SMILES string of the molecule is CCCNC(=O)Nc1cccc(N2CCNC2=O)c1. The van der Waals surface area contributed by atoms with E-state index in [1.165, 1.54) is 0 Å². The van der Waals surface area contributed by atoms with Gasteiger partial charge in [0.25, 0.3) is 0 Å². The van der Waals surface area contributed by atoms with Gasteiger partial charge in [0.2, 0.25) is 0 Å². The largest absolute Gasteiger partial charge is 0.338 e. The van der Waals surface area contributed by atoms with Crippen molar-refractivity contribution in [2.24, 2.45) is 0 Å². The average molecular weight is 262 g/mol. The molecule has 1 fully saturated rings. The summed E-state index contributed by atoms with van der Waals surface area (Å²) in [5.41, 5.74) is 1.45. The average Bonchev–Trinajstić information content (AvgIpc) is 2.83. The highest BCUT2D eigenvalue weighted by Crippen LogP contribution is 2.20. The van der Waals surface area contributed by atoms with Crippen LogP contribution in [0, 0.1) is 0 Å². The third-order valence-electron chi connectivity index (χ3n) is 2.81. The number of hydrogen-bond acceptors (Lipinski definition) is 2. The summed E-state index contributed by atoms with van der Waals surface area (Å²) >= 11 is 0. The number of urea groups is 2. The second kappa shape index (κ2) is 6.08. The molecule has 0 aliphatic carbocycles. The second-order valence-electron chi connectivity index (χ2n) is 4.31. The third-order valence-corrected chi connectivity index (χ3v) is 2.81. The minimum atomic E-state index is -0.232. The van der Waals surface area contributed by atoms with Crippen molar-refractivity contribution < 1.29 is 9.59 Å². The van der Waals surface area contributed by atoms with E-state index in [4.69, 9.17) is 0 Å². The highest BCUT2D eigenvalue weighted by Gasteiger charge is 2.21. The first-order valence-electron chi connectivity index (χ1n) is 6.41. The molecule has 1 heterocycles. The Balaban J connectivity index is 2.02. The number of nitrogens with one attached hydrogen (secondary N) is 3. The van der Waals surface area contributed by atoms with Crippen LogP contribution in [-0.2, 0) is 0 Å². The quantitative estimate of drug-likeness (QED) is 0.773. The predicted octanol–water partition coefficient (Wildman–Crippen LogP) is 1.75.